The van der Waals surface area contributed by atoms with Crippen molar-refractivity contribution >= 4 is 41.6 Å². The Morgan fingerprint density at radius 2 is 1.66 bits per heavy atom. The van der Waals surface area contributed by atoms with E-state index in [2.05, 4.69) is 64.3 Å². The Balaban J connectivity index is 0.00000200. The molecule has 0 saturated carbocycles. The minimum Gasteiger partial charge on any atom is -0.366 e. The van der Waals surface area contributed by atoms with Crippen LogP contribution in [-0.4, -0.2) is 61.9 Å². The number of aromatic nitrogens is 4. The summed E-state index contributed by atoms with van der Waals surface area (Å²) < 4.78 is 1.87. The van der Waals surface area contributed by atoms with E-state index in [9.17, 15) is 4.79 Å². The molecule has 0 radical (unpaired) electrons. The lowest BCUT2D eigenvalue weighted by molar-refractivity contribution is 0.0844. The van der Waals surface area contributed by atoms with E-state index < -0.39 is 0 Å². The third-order valence-corrected chi connectivity index (χ3v) is 7.28. The number of hydrogen-bond acceptors (Lipinski definition) is 6. The first-order valence-corrected chi connectivity index (χ1v) is 12.7. The van der Waals surface area contributed by atoms with Crippen LogP contribution < -0.4 is 5.73 Å². The summed E-state index contributed by atoms with van der Waals surface area (Å²) in [6.45, 7) is 8.67. The molecule has 1 amide bonds. The Hall–Kier alpha value is -3.04. The maximum absolute atomic E-state index is 12.2. The topological polar surface area (TPSA) is 93.2 Å². The molecule has 2 aromatic heterocycles. The van der Waals surface area contributed by atoms with E-state index >= 15 is 0 Å². The van der Waals surface area contributed by atoms with Gasteiger partial charge in [-0.2, -0.15) is 0 Å². The standard InChI is InChI=1S/C28H33N7O.2ClH/c1-3-21-22(4-2)24(28(29)36)11-10-23(21)27(25-9-5-7-20-8-6-12-30-26(20)25)34-17-15-33(16-18-34)19-35-14-13-31-32-35;;/h5-14,27H,3-4,15-19H2,1-2H3,(H2,29,36);2*1H. The van der Waals surface area contributed by atoms with E-state index in [1.807, 2.05) is 29.2 Å². The molecule has 1 aliphatic heterocycles. The van der Waals surface area contributed by atoms with Gasteiger partial charge in [0.1, 0.15) is 0 Å². The predicted octanol–water partition coefficient (Wildman–Crippen LogP) is 4.26. The second kappa shape index (κ2) is 13.2. The number of piperazine rings is 1. The normalized spacial score (nSPS) is 15.0. The van der Waals surface area contributed by atoms with Crippen LogP contribution in [0.2, 0.25) is 0 Å². The predicted molar refractivity (Wildman–Crippen MR) is 155 cm³/mol. The highest BCUT2D eigenvalue weighted by Crippen LogP contribution is 2.37. The highest BCUT2D eigenvalue weighted by atomic mass is 35.5. The number of benzene rings is 2. The molecular weight excluding hydrogens is 521 g/mol. The fourth-order valence-electron chi connectivity index (χ4n) is 5.60. The summed E-state index contributed by atoms with van der Waals surface area (Å²) in [6, 6.07) is 14.6. The zero-order valence-corrected chi connectivity index (χ0v) is 23.4. The number of amides is 1. The number of pyridine rings is 1. The number of para-hydroxylation sites is 1. The van der Waals surface area contributed by atoms with Crippen LogP contribution in [0.5, 0.6) is 0 Å². The molecule has 38 heavy (non-hydrogen) atoms. The molecule has 202 valence electrons. The number of carbonyl (C=O) groups excluding carboxylic acids is 1. The summed E-state index contributed by atoms with van der Waals surface area (Å²) in [7, 11) is 0. The van der Waals surface area contributed by atoms with Crippen molar-refractivity contribution in [2.75, 3.05) is 26.2 Å². The Kier molecular flexibility index (Phi) is 10.2. The van der Waals surface area contributed by atoms with Gasteiger partial charge in [-0.25, -0.2) is 4.68 Å². The highest BCUT2D eigenvalue weighted by molar-refractivity contribution is 5.95. The molecule has 0 bridgehead atoms. The molecule has 10 heteroatoms. The Morgan fingerprint density at radius 3 is 2.32 bits per heavy atom. The Morgan fingerprint density at radius 1 is 0.921 bits per heavy atom. The third-order valence-electron chi connectivity index (χ3n) is 7.28. The van der Waals surface area contributed by atoms with Gasteiger partial charge in [0.05, 0.1) is 24.4 Å². The molecule has 8 nitrogen and oxygen atoms in total. The Labute approximate surface area is 236 Å². The van der Waals surface area contributed by atoms with Gasteiger partial charge in [0, 0.05) is 55.1 Å². The Bertz CT molecular complexity index is 1350. The zero-order chi connectivity index (χ0) is 25.1. The summed E-state index contributed by atoms with van der Waals surface area (Å²) in [5, 5.41) is 9.19. The molecule has 2 aromatic carbocycles. The smallest absolute Gasteiger partial charge is 0.248 e. The molecule has 0 aliphatic carbocycles. The lowest BCUT2D eigenvalue weighted by atomic mass is 9.85. The van der Waals surface area contributed by atoms with Gasteiger partial charge in [-0.1, -0.05) is 49.4 Å². The minimum atomic E-state index is -0.363. The van der Waals surface area contributed by atoms with Gasteiger partial charge in [0.2, 0.25) is 5.91 Å². The van der Waals surface area contributed by atoms with Crippen LogP contribution in [0.25, 0.3) is 10.9 Å². The van der Waals surface area contributed by atoms with Gasteiger partial charge in [-0.05, 0) is 41.7 Å². The molecule has 1 atom stereocenters. The lowest BCUT2D eigenvalue weighted by Crippen LogP contribution is -2.48. The van der Waals surface area contributed by atoms with Gasteiger partial charge in [-0.3, -0.25) is 19.6 Å². The second-order valence-corrected chi connectivity index (χ2v) is 9.29. The molecular formula is C28H35Cl2N7O. The minimum absolute atomic E-state index is 0. The van der Waals surface area contributed by atoms with Crippen LogP contribution in [0.1, 0.15) is 52.5 Å². The fourth-order valence-corrected chi connectivity index (χ4v) is 5.60. The van der Waals surface area contributed by atoms with Gasteiger partial charge >= 0.3 is 0 Å². The fraction of sp³-hybridized carbons (Fsp3) is 0.357. The molecule has 3 heterocycles. The van der Waals surface area contributed by atoms with Crippen LogP contribution in [0, 0.1) is 0 Å². The molecule has 2 N–H and O–H groups in total. The third kappa shape index (κ3) is 5.83. The second-order valence-electron chi connectivity index (χ2n) is 9.29. The lowest BCUT2D eigenvalue weighted by Gasteiger charge is -2.40. The maximum atomic E-state index is 12.2. The number of hydrogen-bond donors (Lipinski definition) is 1. The van der Waals surface area contributed by atoms with Crippen LogP contribution in [0.3, 0.4) is 0 Å². The first-order chi connectivity index (χ1) is 17.6. The van der Waals surface area contributed by atoms with Crippen molar-refractivity contribution in [3.8, 4) is 0 Å². The molecule has 1 aliphatic rings. The van der Waals surface area contributed by atoms with Crippen molar-refractivity contribution in [3.05, 3.63) is 88.9 Å². The van der Waals surface area contributed by atoms with Gasteiger partial charge in [-0.15, -0.1) is 29.9 Å². The van der Waals surface area contributed by atoms with E-state index in [0.717, 1.165) is 62.2 Å². The molecule has 5 rings (SSSR count). The molecule has 1 unspecified atom stereocenters. The van der Waals surface area contributed by atoms with Crippen molar-refractivity contribution < 1.29 is 4.79 Å². The number of nitrogens with zero attached hydrogens (tertiary/aromatic N) is 6. The first kappa shape index (κ1) is 29.5. The number of nitrogens with two attached hydrogens (primary N) is 1. The van der Waals surface area contributed by atoms with Crippen LogP contribution in [-0.2, 0) is 19.5 Å². The SMILES string of the molecule is CCc1c(C(N)=O)ccc(C(c2cccc3cccnc23)N2CCN(Cn3ccnn3)CC2)c1CC.Cl.Cl. The molecule has 1 saturated heterocycles. The largest absolute Gasteiger partial charge is 0.366 e. The number of primary amides is 1. The number of rotatable bonds is 8. The number of fused-ring (bicyclic) bond motifs is 1. The summed E-state index contributed by atoms with van der Waals surface area (Å²) in [5.74, 6) is -0.363. The highest BCUT2D eigenvalue weighted by Gasteiger charge is 2.30. The van der Waals surface area contributed by atoms with Gasteiger partial charge < -0.3 is 5.73 Å². The van der Waals surface area contributed by atoms with E-state index in [1.54, 1.807) is 6.20 Å². The molecule has 4 aromatic rings. The summed E-state index contributed by atoms with van der Waals surface area (Å²) >= 11 is 0. The number of carbonyl (C=O) groups is 1. The first-order valence-electron chi connectivity index (χ1n) is 12.7. The summed E-state index contributed by atoms with van der Waals surface area (Å²) in [6.07, 6.45) is 7.08. The van der Waals surface area contributed by atoms with E-state index in [0.29, 0.717) is 5.56 Å². The zero-order valence-electron chi connectivity index (χ0n) is 21.8. The number of halogens is 2. The average Bonchev–Trinajstić information content (AvgIpc) is 3.42. The summed E-state index contributed by atoms with van der Waals surface area (Å²) in [5.41, 5.74) is 12.1. The van der Waals surface area contributed by atoms with Crippen molar-refractivity contribution in [2.24, 2.45) is 5.73 Å². The van der Waals surface area contributed by atoms with Crippen molar-refractivity contribution in [2.45, 2.75) is 39.4 Å². The van der Waals surface area contributed by atoms with Crippen LogP contribution in [0.15, 0.2) is 61.1 Å². The average molecular weight is 557 g/mol. The van der Waals surface area contributed by atoms with Crippen molar-refractivity contribution in [1.29, 1.82) is 0 Å². The van der Waals surface area contributed by atoms with Gasteiger partial charge in [0.25, 0.3) is 0 Å². The monoisotopic (exact) mass is 555 g/mol. The van der Waals surface area contributed by atoms with E-state index in [4.69, 9.17) is 10.7 Å². The van der Waals surface area contributed by atoms with E-state index in [1.165, 1.54) is 16.7 Å². The van der Waals surface area contributed by atoms with Crippen molar-refractivity contribution in [1.82, 2.24) is 29.8 Å². The summed E-state index contributed by atoms with van der Waals surface area (Å²) in [4.78, 5) is 22.0. The van der Waals surface area contributed by atoms with Gasteiger partial charge in [0.15, 0.2) is 0 Å². The quantitative estimate of drug-likeness (QED) is 0.349. The maximum Gasteiger partial charge on any atom is 0.248 e. The molecule has 1 fully saturated rings. The van der Waals surface area contributed by atoms with E-state index in [-0.39, 0.29) is 36.8 Å². The molecule has 0 spiro atoms. The van der Waals surface area contributed by atoms with Crippen LogP contribution in [0.4, 0.5) is 0 Å². The van der Waals surface area contributed by atoms with Crippen molar-refractivity contribution in [3.63, 3.8) is 0 Å². The van der Waals surface area contributed by atoms with Crippen LogP contribution >= 0.6 is 24.8 Å².